The van der Waals surface area contributed by atoms with Crippen molar-refractivity contribution in [1.82, 2.24) is 0 Å². The van der Waals surface area contributed by atoms with E-state index in [4.69, 9.17) is 0 Å². The highest BCUT2D eigenvalue weighted by molar-refractivity contribution is 7.91. The fraction of sp³-hybridized carbons (Fsp3) is 0.571. The van der Waals surface area contributed by atoms with Crippen molar-refractivity contribution >= 4 is 9.84 Å². The molecule has 0 fully saturated rings. The fourth-order valence-electron chi connectivity index (χ4n) is 1.76. The van der Waals surface area contributed by atoms with Gasteiger partial charge >= 0.3 is 0 Å². The SMILES string of the molecule is CCC(C)c1ccc(C(O)C(C)S(C)(=O)=O)cc1. The lowest BCUT2D eigenvalue weighted by Crippen LogP contribution is -2.24. The topological polar surface area (TPSA) is 54.4 Å². The first-order valence-corrected chi connectivity index (χ1v) is 8.19. The van der Waals surface area contributed by atoms with Crippen LogP contribution in [-0.4, -0.2) is 25.0 Å². The summed E-state index contributed by atoms with van der Waals surface area (Å²) < 4.78 is 22.8. The fourth-order valence-corrected chi connectivity index (χ4v) is 2.39. The van der Waals surface area contributed by atoms with E-state index in [2.05, 4.69) is 13.8 Å². The molecular formula is C14H22O3S. The van der Waals surface area contributed by atoms with Gasteiger partial charge in [0.1, 0.15) is 0 Å². The average Bonchev–Trinajstić information content (AvgIpc) is 2.35. The van der Waals surface area contributed by atoms with Crippen LogP contribution in [-0.2, 0) is 9.84 Å². The van der Waals surface area contributed by atoms with Crippen molar-refractivity contribution in [1.29, 1.82) is 0 Å². The molecule has 4 heteroatoms. The summed E-state index contributed by atoms with van der Waals surface area (Å²) in [6.45, 7) is 5.80. The van der Waals surface area contributed by atoms with Crippen LogP contribution in [0.1, 0.15) is 50.3 Å². The van der Waals surface area contributed by atoms with Crippen LogP contribution in [0.25, 0.3) is 0 Å². The largest absolute Gasteiger partial charge is 0.387 e. The van der Waals surface area contributed by atoms with Gasteiger partial charge in [-0.05, 0) is 30.4 Å². The van der Waals surface area contributed by atoms with Crippen LogP contribution in [0.3, 0.4) is 0 Å². The maximum Gasteiger partial charge on any atom is 0.152 e. The molecule has 3 atom stereocenters. The zero-order valence-electron chi connectivity index (χ0n) is 11.4. The number of aliphatic hydroxyl groups excluding tert-OH is 1. The number of aliphatic hydroxyl groups is 1. The quantitative estimate of drug-likeness (QED) is 0.895. The van der Waals surface area contributed by atoms with Gasteiger partial charge in [0.05, 0.1) is 11.4 Å². The number of sulfone groups is 1. The molecule has 0 saturated heterocycles. The Kier molecular flexibility index (Phi) is 4.93. The first-order valence-electron chi connectivity index (χ1n) is 6.24. The van der Waals surface area contributed by atoms with Crippen LogP contribution in [0.15, 0.2) is 24.3 Å². The normalized spacial score (nSPS) is 17.2. The molecule has 1 rings (SSSR count). The van der Waals surface area contributed by atoms with Crippen LogP contribution in [0, 0.1) is 0 Å². The molecule has 0 aliphatic carbocycles. The Morgan fingerprint density at radius 3 is 1.94 bits per heavy atom. The lowest BCUT2D eigenvalue weighted by Gasteiger charge is -2.18. The van der Waals surface area contributed by atoms with E-state index < -0.39 is 21.2 Å². The summed E-state index contributed by atoms with van der Waals surface area (Å²) in [5, 5.41) is 9.25. The summed E-state index contributed by atoms with van der Waals surface area (Å²) in [6, 6.07) is 7.55. The zero-order valence-corrected chi connectivity index (χ0v) is 12.2. The van der Waals surface area contributed by atoms with E-state index >= 15 is 0 Å². The van der Waals surface area contributed by atoms with Crippen molar-refractivity contribution in [3.05, 3.63) is 35.4 Å². The van der Waals surface area contributed by atoms with Crippen LogP contribution in [0.4, 0.5) is 0 Å². The van der Waals surface area contributed by atoms with E-state index in [-0.39, 0.29) is 0 Å². The summed E-state index contributed by atoms with van der Waals surface area (Å²) in [5.74, 6) is 0.475. The first-order chi connectivity index (χ1) is 8.27. The summed E-state index contributed by atoms with van der Waals surface area (Å²) in [7, 11) is -3.23. The zero-order chi connectivity index (χ0) is 13.9. The van der Waals surface area contributed by atoms with Crippen LogP contribution in [0.5, 0.6) is 0 Å². The van der Waals surface area contributed by atoms with Gasteiger partial charge in [0, 0.05) is 6.26 Å². The standard InChI is InChI=1S/C14H22O3S/c1-5-10(2)12-6-8-13(9-7-12)14(15)11(3)18(4,16)17/h6-11,14-15H,5H2,1-4H3. The highest BCUT2D eigenvalue weighted by Crippen LogP contribution is 2.24. The van der Waals surface area contributed by atoms with Crippen molar-refractivity contribution in [2.24, 2.45) is 0 Å². The first kappa shape index (κ1) is 15.2. The van der Waals surface area contributed by atoms with Gasteiger partial charge in [-0.25, -0.2) is 8.42 Å². The molecule has 0 heterocycles. The summed E-state index contributed by atoms with van der Waals surface area (Å²) >= 11 is 0. The molecule has 1 aromatic rings. The Balaban J connectivity index is 2.92. The molecule has 1 aromatic carbocycles. The molecule has 0 bridgehead atoms. The van der Waals surface area contributed by atoms with Gasteiger partial charge < -0.3 is 5.11 Å². The predicted octanol–water partition coefficient (Wildman–Crippen LogP) is 2.67. The Bertz CT molecular complexity index is 476. The average molecular weight is 270 g/mol. The van der Waals surface area contributed by atoms with Crippen molar-refractivity contribution in [3.63, 3.8) is 0 Å². The second-order valence-corrected chi connectivity index (χ2v) is 7.36. The van der Waals surface area contributed by atoms with Crippen molar-refractivity contribution in [2.45, 2.75) is 44.5 Å². The van der Waals surface area contributed by atoms with E-state index in [1.807, 2.05) is 24.3 Å². The maximum atomic E-state index is 11.4. The molecule has 0 saturated carbocycles. The number of hydrogen-bond donors (Lipinski definition) is 1. The Hall–Kier alpha value is -0.870. The maximum absolute atomic E-state index is 11.4. The number of benzene rings is 1. The lowest BCUT2D eigenvalue weighted by atomic mass is 9.96. The molecule has 3 nitrogen and oxygen atoms in total. The van der Waals surface area contributed by atoms with Gasteiger partial charge in [-0.1, -0.05) is 38.1 Å². The van der Waals surface area contributed by atoms with E-state index in [1.54, 1.807) is 0 Å². The van der Waals surface area contributed by atoms with Crippen molar-refractivity contribution < 1.29 is 13.5 Å². The lowest BCUT2D eigenvalue weighted by molar-refractivity contribution is 0.176. The molecule has 0 aliphatic rings. The van der Waals surface area contributed by atoms with Crippen molar-refractivity contribution in [3.8, 4) is 0 Å². The van der Waals surface area contributed by atoms with Gasteiger partial charge in [-0.15, -0.1) is 0 Å². The molecule has 0 aliphatic heterocycles. The van der Waals surface area contributed by atoms with E-state index in [1.165, 1.54) is 12.5 Å². The van der Waals surface area contributed by atoms with E-state index in [0.29, 0.717) is 11.5 Å². The Labute approximate surface area is 110 Å². The van der Waals surface area contributed by atoms with E-state index in [0.717, 1.165) is 12.7 Å². The third-order valence-electron chi connectivity index (χ3n) is 3.58. The second kappa shape index (κ2) is 5.85. The minimum absolute atomic E-state index is 0.475. The molecule has 0 amide bonds. The van der Waals surface area contributed by atoms with Crippen molar-refractivity contribution in [2.75, 3.05) is 6.26 Å². The van der Waals surface area contributed by atoms with E-state index in [9.17, 15) is 13.5 Å². The third kappa shape index (κ3) is 3.56. The van der Waals surface area contributed by atoms with Gasteiger partial charge in [0.2, 0.25) is 0 Å². The summed E-state index contributed by atoms with van der Waals surface area (Å²) in [6.07, 6.45) is 1.24. The van der Waals surface area contributed by atoms with Crippen LogP contribution in [0.2, 0.25) is 0 Å². The molecule has 18 heavy (non-hydrogen) atoms. The number of rotatable bonds is 5. The minimum Gasteiger partial charge on any atom is -0.387 e. The Morgan fingerprint density at radius 2 is 1.56 bits per heavy atom. The second-order valence-electron chi connectivity index (χ2n) is 4.96. The number of hydrogen-bond acceptors (Lipinski definition) is 3. The van der Waals surface area contributed by atoms with Gasteiger partial charge in [-0.2, -0.15) is 0 Å². The predicted molar refractivity (Wildman–Crippen MR) is 74.4 cm³/mol. The van der Waals surface area contributed by atoms with Gasteiger partial charge in [-0.3, -0.25) is 0 Å². The summed E-state index contributed by atoms with van der Waals surface area (Å²) in [4.78, 5) is 0. The monoisotopic (exact) mass is 270 g/mol. The molecule has 1 N–H and O–H groups in total. The highest BCUT2D eigenvalue weighted by Gasteiger charge is 2.25. The molecule has 102 valence electrons. The smallest absolute Gasteiger partial charge is 0.152 e. The van der Waals surface area contributed by atoms with Gasteiger partial charge in [0.25, 0.3) is 0 Å². The summed E-state index contributed by atoms with van der Waals surface area (Å²) in [5.41, 5.74) is 1.86. The Morgan fingerprint density at radius 1 is 1.11 bits per heavy atom. The molecule has 3 unspecified atom stereocenters. The third-order valence-corrected chi connectivity index (χ3v) is 5.19. The molecule has 0 aromatic heterocycles. The minimum atomic E-state index is -3.23. The highest BCUT2D eigenvalue weighted by atomic mass is 32.2. The van der Waals surface area contributed by atoms with Crippen LogP contribution >= 0.6 is 0 Å². The molecule has 0 radical (unpaired) electrons. The van der Waals surface area contributed by atoms with Crippen LogP contribution < -0.4 is 0 Å². The molecule has 0 spiro atoms. The van der Waals surface area contributed by atoms with Gasteiger partial charge in [0.15, 0.2) is 9.84 Å². The molecular weight excluding hydrogens is 248 g/mol.